The highest BCUT2D eigenvalue weighted by atomic mass is 16.6. The van der Waals surface area contributed by atoms with Crippen molar-refractivity contribution in [3.8, 4) is 0 Å². The van der Waals surface area contributed by atoms with Gasteiger partial charge in [-0.15, -0.1) is 0 Å². The van der Waals surface area contributed by atoms with E-state index in [4.69, 9.17) is 4.74 Å². The molecule has 0 unspecified atom stereocenters. The number of hydrogen-bond acceptors (Lipinski definition) is 5. The smallest absolute Gasteiger partial charge is 0.272 e. The molecule has 0 aliphatic carbocycles. The van der Waals surface area contributed by atoms with E-state index >= 15 is 0 Å². The minimum atomic E-state index is -0.341. The molecule has 1 heterocycles. The number of nitro benzene ring substituents is 1. The molecular formula is C18H27N3O4. The molecule has 2 rings (SSSR count). The van der Waals surface area contributed by atoms with Gasteiger partial charge in [-0.3, -0.25) is 19.8 Å². The van der Waals surface area contributed by atoms with Crippen LogP contribution in [0.5, 0.6) is 0 Å². The summed E-state index contributed by atoms with van der Waals surface area (Å²) in [7, 11) is 3.44. The van der Waals surface area contributed by atoms with Crippen LogP contribution in [0.1, 0.15) is 24.0 Å². The number of amides is 1. The van der Waals surface area contributed by atoms with E-state index in [0.717, 1.165) is 24.9 Å². The molecular weight excluding hydrogens is 322 g/mol. The number of methoxy groups -OCH3 is 1. The summed E-state index contributed by atoms with van der Waals surface area (Å²) in [6, 6.07) is 5.19. The van der Waals surface area contributed by atoms with Gasteiger partial charge in [0.15, 0.2) is 0 Å². The quantitative estimate of drug-likeness (QED) is 0.557. The Morgan fingerprint density at radius 3 is 2.92 bits per heavy atom. The highest BCUT2D eigenvalue weighted by Gasteiger charge is 2.28. The van der Waals surface area contributed by atoms with E-state index in [1.807, 2.05) is 13.1 Å². The first-order valence-corrected chi connectivity index (χ1v) is 8.63. The number of nitrogens with zero attached hydrogens (tertiary/aromatic N) is 3. The molecule has 1 aromatic carbocycles. The first-order chi connectivity index (χ1) is 11.9. The number of nitro groups is 1. The summed E-state index contributed by atoms with van der Waals surface area (Å²) in [5, 5.41) is 11.1. The van der Waals surface area contributed by atoms with Crippen LogP contribution in [0.25, 0.3) is 0 Å². The molecule has 1 aliphatic rings. The van der Waals surface area contributed by atoms with Crippen LogP contribution in [0.2, 0.25) is 0 Å². The Balaban J connectivity index is 2.01. The fourth-order valence-corrected chi connectivity index (χ4v) is 3.33. The Bertz CT molecular complexity index is 620. The van der Waals surface area contributed by atoms with Gasteiger partial charge in [-0.05, 0) is 31.9 Å². The second-order valence-corrected chi connectivity index (χ2v) is 6.65. The summed E-state index contributed by atoms with van der Waals surface area (Å²) >= 11 is 0. The molecule has 1 aliphatic heterocycles. The van der Waals surface area contributed by atoms with E-state index in [1.165, 1.54) is 6.07 Å². The molecule has 0 N–H and O–H groups in total. The minimum absolute atomic E-state index is 0.0189. The molecule has 1 saturated heterocycles. The van der Waals surface area contributed by atoms with Gasteiger partial charge < -0.3 is 9.64 Å². The zero-order valence-corrected chi connectivity index (χ0v) is 15.2. The molecule has 0 aromatic heterocycles. The average Bonchev–Trinajstić information content (AvgIpc) is 2.60. The van der Waals surface area contributed by atoms with Crippen LogP contribution >= 0.6 is 0 Å². The van der Waals surface area contributed by atoms with E-state index in [9.17, 15) is 14.9 Å². The van der Waals surface area contributed by atoms with E-state index in [2.05, 4.69) is 4.90 Å². The van der Waals surface area contributed by atoms with Crippen LogP contribution in [0.4, 0.5) is 5.69 Å². The third-order valence-corrected chi connectivity index (χ3v) is 4.87. The maximum Gasteiger partial charge on any atom is 0.272 e. The van der Waals surface area contributed by atoms with Crippen LogP contribution < -0.4 is 0 Å². The largest absolute Gasteiger partial charge is 0.383 e. The zero-order valence-electron chi connectivity index (χ0n) is 15.2. The fraction of sp³-hybridized carbons (Fsp3) is 0.611. The fourth-order valence-electron chi connectivity index (χ4n) is 3.33. The van der Waals surface area contributed by atoms with Crippen LogP contribution in [-0.4, -0.2) is 61.0 Å². The van der Waals surface area contributed by atoms with Gasteiger partial charge in [0.25, 0.3) is 5.69 Å². The standard InChI is InChI=1S/C18H27N3O4/c1-14-15(6-4-8-17(14)21(23)24)12-20-9-5-7-16(13-20)18(22)19(2)10-11-25-3/h4,6,8,16H,5,7,9-13H2,1-3H3/t16-/m0/s1. The monoisotopic (exact) mass is 349 g/mol. The van der Waals surface area contributed by atoms with E-state index in [0.29, 0.717) is 31.8 Å². The minimum Gasteiger partial charge on any atom is -0.383 e. The Morgan fingerprint density at radius 2 is 2.24 bits per heavy atom. The number of ether oxygens (including phenoxy) is 1. The lowest BCUT2D eigenvalue weighted by molar-refractivity contribution is -0.385. The highest BCUT2D eigenvalue weighted by molar-refractivity contribution is 5.78. The summed E-state index contributed by atoms with van der Waals surface area (Å²) < 4.78 is 5.03. The molecule has 1 atom stereocenters. The molecule has 7 heteroatoms. The summed E-state index contributed by atoms with van der Waals surface area (Å²) in [5.41, 5.74) is 1.81. The Kier molecular flexibility index (Phi) is 6.90. The van der Waals surface area contributed by atoms with Crippen molar-refractivity contribution in [2.24, 2.45) is 5.92 Å². The Hall–Kier alpha value is -1.99. The summed E-state index contributed by atoms with van der Waals surface area (Å²) in [6.45, 7) is 5.16. The number of piperidine rings is 1. The average molecular weight is 349 g/mol. The van der Waals surface area contributed by atoms with Gasteiger partial charge in [0.1, 0.15) is 0 Å². The van der Waals surface area contributed by atoms with Gasteiger partial charge in [-0.25, -0.2) is 0 Å². The third-order valence-electron chi connectivity index (χ3n) is 4.87. The lowest BCUT2D eigenvalue weighted by Gasteiger charge is -2.34. The predicted octanol–water partition coefficient (Wildman–Crippen LogP) is 2.22. The number of carbonyl (C=O) groups excluding carboxylic acids is 1. The number of hydrogen-bond donors (Lipinski definition) is 0. The predicted molar refractivity (Wildman–Crippen MR) is 95.3 cm³/mol. The lowest BCUT2D eigenvalue weighted by atomic mass is 9.95. The first kappa shape index (κ1) is 19.3. The second kappa shape index (κ2) is 8.92. The number of likely N-dealkylation sites (tertiary alicyclic amines) is 1. The van der Waals surface area contributed by atoms with Crippen molar-refractivity contribution in [3.05, 3.63) is 39.4 Å². The molecule has 0 spiro atoms. The number of carbonyl (C=O) groups is 1. The van der Waals surface area contributed by atoms with Gasteiger partial charge in [-0.2, -0.15) is 0 Å². The van der Waals surface area contributed by atoms with Crippen molar-refractivity contribution in [3.63, 3.8) is 0 Å². The normalized spacial score (nSPS) is 18.1. The van der Waals surface area contributed by atoms with Crippen molar-refractivity contribution in [2.75, 3.05) is 40.4 Å². The van der Waals surface area contributed by atoms with E-state index < -0.39 is 0 Å². The lowest BCUT2D eigenvalue weighted by Crippen LogP contribution is -2.44. The topological polar surface area (TPSA) is 75.9 Å². The van der Waals surface area contributed by atoms with Crippen molar-refractivity contribution in [1.82, 2.24) is 9.80 Å². The van der Waals surface area contributed by atoms with Crippen LogP contribution in [-0.2, 0) is 16.1 Å². The van der Waals surface area contributed by atoms with E-state index in [1.54, 1.807) is 25.0 Å². The second-order valence-electron chi connectivity index (χ2n) is 6.65. The molecule has 1 fully saturated rings. The maximum atomic E-state index is 12.6. The van der Waals surface area contributed by atoms with Crippen molar-refractivity contribution in [2.45, 2.75) is 26.3 Å². The maximum absolute atomic E-state index is 12.6. The summed E-state index contributed by atoms with van der Waals surface area (Å²) in [6.07, 6.45) is 1.85. The Morgan fingerprint density at radius 1 is 1.48 bits per heavy atom. The zero-order chi connectivity index (χ0) is 18.4. The van der Waals surface area contributed by atoms with Crippen molar-refractivity contribution < 1.29 is 14.5 Å². The van der Waals surface area contributed by atoms with Crippen molar-refractivity contribution in [1.29, 1.82) is 0 Å². The molecule has 0 bridgehead atoms. The molecule has 1 amide bonds. The number of rotatable bonds is 7. The van der Waals surface area contributed by atoms with Crippen LogP contribution in [0, 0.1) is 23.0 Å². The van der Waals surface area contributed by atoms with Gasteiger partial charge in [0.05, 0.1) is 17.4 Å². The third kappa shape index (κ3) is 4.99. The number of likely N-dealkylation sites (N-methyl/N-ethyl adjacent to an activating group) is 1. The van der Waals surface area contributed by atoms with Crippen molar-refractivity contribution >= 4 is 11.6 Å². The van der Waals surface area contributed by atoms with Gasteiger partial charge in [0, 0.05) is 45.4 Å². The van der Waals surface area contributed by atoms with Crippen LogP contribution in [0.15, 0.2) is 18.2 Å². The van der Waals surface area contributed by atoms with Gasteiger partial charge >= 0.3 is 0 Å². The first-order valence-electron chi connectivity index (χ1n) is 8.63. The van der Waals surface area contributed by atoms with Gasteiger partial charge in [0.2, 0.25) is 5.91 Å². The van der Waals surface area contributed by atoms with E-state index in [-0.39, 0.29) is 22.4 Å². The summed E-state index contributed by atoms with van der Waals surface area (Å²) in [4.78, 5) is 27.3. The molecule has 138 valence electrons. The van der Waals surface area contributed by atoms with Gasteiger partial charge in [-0.1, -0.05) is 12.1 Å². The highest BCUT2D eigenvalue weighted by Crippen LogP contribution is 2.25. The summed E-state index contributed by atoms with van der Waals surface area (Å²) in [5.74, 6) is 0.132. The molecule has 7 nitrogen and oxygen atoms in total. The van der Waals surface area contributed by atoms with Crippen LogP contribution in [0.3, 0.4) is 0 Å². The molecule has 25 heavy (non-hydrogen) atoms. The molecule has 0 radical (unpaired) electrons. The molecule has 1 aromatic rings. The molecule has 0 saturated carbocycles. The Labute approximate surface area is 148 Å². The SMILES string of the molecule is COCCN(C)C(=O)[C@H]1CCCN(Cc2cccc([N+](=O)[O-])c2C)C1. The number of benzene rings is 1.